The number of piperazine rings is 1. The van der Waals surface area contributed by atoms with Crippen molar-refractivity contribution in [3.63, 3.8) is 0 Å². The maximum atomic E-state index is 12.6. The standard InChI is InChI=1S/C34H36ClN5O6/c1-34(30-10-7-20(35)17-36-30)45-28-6-4-5-26(32(28)46-34)39-13-12-38(24-8-9-25(24)39)19-31-37-23-16-29(42-2)22(33(41)43-3)15-27(23)40(31)18-21-11-14-44-21/h4-7,10,15-17,21,24-25H,8-9,11-14,18-19H2,1-3H3/t21-,24-,25-,34?/m0/s1. The van der Waals surface area contributed by atoms with Gasteiger partial charge in [0.15, 0.2) is 11.5 Å². The molecule has 4 aromatic rings. The van der Waals surface area contributed by atoms with Gasteiger partial charge < -0.3 is 33.2 Å². The molecule has 4 atom stereocenters. The molecule has 0 bridgehead atoms. The van der Waals surface area contributed by atoms with E-state index in [0.29, 0.717) is 53.0 Å². The van der Waals surface area contributed by atoms with Gasteiger partial charge in [0.1, 0.15) is 22.8 Å². The summed E-state index contributed by atoms with van der Waals surface area (Å²) in [7, 11) is 2.93. The molecule has 1 unspecified atom stereocenters. The average molecular weight is 646 g/mol. The largest absolute Gasteiger partial charge is 0.496 e. The fourth-order valence-corrected chi connectivity index (χ4v) is 7.30. The number of rotatable bonds is 8. The van der Waals surface area contributed by atoms with Crippen molar-refractivity contribution in [2.75, 3.05) is 38.8 Å². The van der Waals surface area contributed by atoms with Crippen molar-refractivity contribution in [3.8, 4) is 17.2 Å². The molecule has 0 spiro atoms. The van der Waals surface area contributed by atoms with Gasteiger partial charge in [-0.15, -0.1) is 0 Å². The highest BCUT2D eigenvalue weighted by atomic mass is 35.5. The minimum atomic E-state index is -1.04. The number of pyridine rings is 1. The molecule has 240 valence electrons. The number of ether oxygens (including phenoxy) is 5. The molecule has 2 aromatic carbocycles. The summed E-state index contributed by atoms with van der Waals surface area (Å²) in [5.41, 5.74) is 3.76. The number of aromatic nitrogens is 3. The summed E-state index contributed by atoms with van der Waals surface area (Å²) in [4.78, 5) is 27.2. The van der Waals surface area contributed by atoms with Gasteiger partial charge in [-0.2, -0.15) is 0 Å². The molecule has 5 heterocycles. The van der Waals surface area contributed by atoms with Crippen molar-refractivity contribution in [1.29, 1.82) is 0 Å². The van der Waals surface area contributed by atoms with Crippen LogP contribution in [0.3, 0.4) is 0 Å². The van der Waals surface area contributed by atoms with E-state index in [-0.39, 0.29) is 6.10 Å². The van der Waals surface area contributed by atoms with E-state index in [1.165, 1.54) is 7.11 Å². The number of nitrogens with zero attached hydrogens (tertiary/aromatic N) is 5. The van der Waals surface area contributed by atoms with Gasteiger partial charge in [0.2, 0.25) is 0 Å². The first-order valence-electron chi connectivity index (χ1n) is 15.8. The first-order chi connectivity index (χ1) is 22.3. The van der Waals surface area contributed by atoms with E-state index in [2.05, 4.69) is 25.4 Å². The summed E-state index contributed by atoms with van der Waals surface area (Å²) < 4.78 is 31.5. The highest BCUT2D eigenvalue weighted by Crippen LogP contribution is 2.51. The molecule has 3 fully saturated rings. The summed E-state index contributed by atoms with van der Waals surface area (Å²) in [6.07, 6.45) is 4.94. The number of esters is 1. The Hall–Kier alpha value is -4.06. The number of methoxy groups -OCH3 is 2. The number of halogens is 1. The molecule has 4 aliphatic rings. The normalized spacial score (nSPS) is 25.1. The van der Waals surface area contributed by atoms with Crippen LogP contribution in [0.1, 0.15) is 48.1 Å². The smallest absolute Gasteiger partial charge is 0.341 e. The van der Waals surface area contributed by atoms with Gasteiger partial charge in [0, 0.05) is 51.0 Å². The molecule has 0 N–H and O–H groups in total. The van der Waals surface area contributed by atoms with E-state index in [4.69, 9.17) is 40.3 Å². The van der Waals surface area contributed by atoms with Gasteiger partial charge >= 0.3 is 5.97 Å². The maximum absolute atomic E-state index is 12.6. The van der Waals surface area contributed by atoms with Gasteiger partial charge in [0.05, 0.1) is 55.2 Å². The topological polar surface area (TPSA) is 100 Å². The molecule has 12 heteroatoms. The van der Waals surface area contributed by atoms with Crippen molar-refractivity contribution in [2.45, 2.75) is 63.3 Å². The van der Waals surface area contributed by atoms with Gasteiger partial charge in [-0.3, -0.25) is 9.88 Å². The third kappa shape index (κ3) is 4.83. The van der Waals surface area contributed by atoms with Crippen LogP contribution < -0.4 is 19.1 Å². The number of hydrogen-bond donors (Lipinski definition) is 0. The first-order valence-corrected chi connectivity index (χ1v) is 16.1. The zero-order chi connectivity index (χ0) is 31.6. The Bertz CT molecular complexity index is 1810. The van der Waals surface area contributed by atoms with Crippen LogP contribution in [0.2, 0.25) is 5.02 Å². The lowest BCUT2D eigenvalue weighted by molar-refractivity contribution is -0.0717. The number of carbonyl (C=O) groups is 1. The Kier molecular flexibility index (Phi) is 7.23. The minimum absolute atomic E-state index is 0.129. The van der Waals surface area contributed by atoms with Crippen LogP contribution in [0.15, 0.2) is 48.7 Å². The minimum Gasteiger partial charge on any atom is -0.496 e. The Balaban J connectivity index is 1.06. The SMILES string of the molecule is COC(=O)c1cc2c(cc1OC)nc(CN1CCN(c3cccc4c3OC(C)(c3ccc(Cl)cn3)O4)[C@H]3CC[C@@H]31)n2C[C@@H]1CCO1. The molecule has 2 aromatic heterocycles. The molecule has 1 aliphatic carbocycles. The van der Waals surface area contributed by atoms with Crippen LogP contribution in [-0.4, -0.2) is 77.5 Å². The zero-order valence-corrected chi connectivity index (χ0v) is 26.8. The van der Waals surface area contributed by atoms with Gasteiger partial charge in [-0.25, -0.2) is 9.78 Å². The van der Waals surface area contributed by atoms with Crippen molar-refractivity contribution in [1.82, 2.24) is 19.4 Å². The van der Waals surface area contributed by atoms with Gasteiger partial charge in [-0.05, 0) is 49.6 Å². The Morgan fingerprint density at radius 2 is 1.93 bits per heavy atom. The Morgan fingerprint density at radius 3 is 2.63 bits per heavy atom. The molecule has 1 saturated carbocycles. The van der Waals surface area contributed by atoms with Crippen LogP contribution in [0.25, 0.3) is 11.0 Å². The first kappa shape index (κ1) is 29.3. The molecule has 8 rings (SSSR count). The van der Waals surface area contributed by atoms with E-state index >= 15 is 0 Å². The molecule has 3 aliphatic heterocycles. The van der Waals surface area contributed by atoms with Crippen LogP contribution >= 0.6 is 11.6 Å². The fourth-order valence-electron chi connectivity index (χ4n) is 7.18. The van der Waals surface area contributed by atoms with E-state index in [0.717, 1.165) is 67.3 Å². The van der Waals surface area contributed by atoms with Crippen molar-refractivity contribution in [3.05, 3.63) is 70.8 Å². The molecular formula is C34H36ClN5O6. The van der Waals surface area contributed by atoms with E-state index in [1.54, 1.807) is 19.4 Å². The van der Waals surface area contributed by atoms with E-state index in [9.17, 15) is 4.79 Å². The monoisotopic (exact) mass is 645 g/mol. The average Bonchev–Trinajstić information content (AvgIpc) is 3.55. The van der Waals surface area contributed by atoms with Gasteiger partial charge in [0.25, 0.3) is 5.79 Å². The maximum Gasteiger partial charge on any atom is 0.341 e. The lowest BCUT2D eigenvalue weighted by Crippen LogP contribution is -2.64. The number of para-hydroxylation sites is 1. The highest BCUT2D eigenvalue weighted by Gasteiger charge is 2.47. The zero-order valence-electron chi connectivity index (χ0n) is 26.1. The molecule has 0 amide bonds. The molecule has 2 saturated heterocycles. The van der Waals surface area contributed by atoms with E-state index < -0.39 is 11.8 Å². The van der Waals surface area contributed by atoms with Crippen molar-refractivity contribution >= 4 is 34.3 Å². The fraction of sp³-hybridized carbons (Fsp3) is 0.441. The number of imidazole rings is 1. The third-order valence-electron chi connectivity index (χ3n) is 9.84. The summed E-state index contributed by atoms with van der Waals surface area (Å²) in [6, 6.07) is 14.1. The molecule has 46 heavy (non-hydrogen) atoms. The second kappa shape index (κ2) is 11.3. The van der Waals surface area contributed by atoms with Crippen molar-refractivity contribution < 1.29 is 28.5 Å². The number of benzene rings is 2. The Labute approximate surface area is 271 Å². The number of fused-ring (bicyclic) bond motifs is 3. The summed E-state index contributed by atoms with van der Waals surface area (Å²) >= 11 is 6.09. The van der Waals surface area contributed by atoms with Crippen LogP contribution in [-0.2, 0) is 28.4 Å². The quantitative estimate of drug-likeness (QED) is 0.239. The second-order valence-corrected chi connectivity index (χ2v) is 12.9. The van der Waals surface area contributed by atoms with Crippen LogP contribution in [0, 0.1) is 0 Å². The van der Waals surface area contributed by atoms with Crippen LogP contribution in [0.4, 0.5) is 5.69 Å². The number of carbonyl (C=O) groups excluding carboxylic acids is 1. The predicted octanol–water partition coefficient (Wildman–Crippen LogP) is 5.17. The lowest BCUT2D eigenvalue weighted by atomic mass is 9.81. The van der Waals surface area contributed by atoms with Crippen LogP contribution in [0.5, 0.6) is 17.2 Å². The van der Waals surface area contributed by atoms with E-state index in [1.807, 2.05) is 37.3 Å². The number of anilines is 1. The third-order valence-corrected chi connectivity index (χ3v) is 10.1. The Morgan fingerprint density at radius 1 is 1.09 bits per heavy atom. The summed E-state index contributed by atoms with van der Waals surface area (Å²) in [6.45, 7) is 5.74. The molecule has 11 nitrogen and oxygen atoms in total. The highest BCUT2D eigenvalue weighted by molar-refractivity contribution is 6.30. The molecule has 0 radical (unpaired) electrons. The lowest BCUT2D eigenvalue weighted by Gasteiger charge is -2.54. The summed E-state index contributed by atoms with van der Waals surface area (Å²) in [5.74, 6) is 1.39. The van der Waals surface area contributed by atoms with Crippen molar-refractivity contribution in [2.24, 2.45) is 0 Å². The number of hydrogen-bond acceptors (Lipinski definition) is 10. The summed E-state index contributed by atoms with van der Waals surface area (Å²) in [5, 5.41) is 0.565. The second-order valence-electron chi connectivity index (χ2n) is 12.4. The molecular weight excluding hydrogens is 610 g/mol. The predicted molar refractivity (Wildman–Crippen MR) is 171 cm³/mol. The van der Waals surface area contributed by atoms with Gasteiger partial charge in [-0.1, -0.05) is 17.7 Å².